The fraction of sp³-hybridized carbons (Fsp3) is 0.935. The molecule has 0 heterocycles. The van der Waals surface area contributed by atoms with Crippen LogP contribution in [0.15, 0.2) is 0 Å². The summed E-state index contributed by atoms with van der Waals surface area (Å²) in [4.78, 5) is 0. The van der Waals surface area contributed by atoms with Crippen LogP contribution in [0.3, 0.4) is 0 Å². The van der Waals surface area contributed by atoms with Crippen LogP contribution in [0.4, 0.5) is 0 Å². The Kier molecular flexibility index (Phi) is 48.9. The van der Waals surface area contributed by atoms with Gasteiger partial charge in [-0.3, -0.25) is 0 Å². The average molecular weight is 597 g/mol. The normalized spacial score (nSPS) is 10.6. The molecule has 0 radical (unpaired) electrons. The summed E-state index contributed by atoms with van der Waals surface area (Å²) in [6.45, 7) is 6.22. The van der Waals surface area contributed by atoms with Crippen molar-refractivity contribution in [2.45, 2.75) is 187 Å². The zero-order chi connectivity index (χ0) is 24.5. The molecule has 0 aliphatic heterocycles. The monoisotopic (exact) mass is 594 g/mol. The second-order valence-electron chi connectivity index (χ2n) is 10.1. The minimum atomic E-state index is 0. The van der Waals surface area contributed by atoms with Crippen molar-refractivity contribution in [1.82, 2.24) is 0 Å². The summed E-state index contributed by atoms with van der Waals surface area (Å²) in [6, 6.07) is 0. The van der Waals surface area contributed by atoms with Gasteiger partial charge in [-0.1, -0.05) is 180 Å². The maximum Gasteiger partial charge on any atom is 2.00 e. The van der Waals surface area contributed by atoms with Crippen LogP contribution in [0.25, 0.3) is 0 Å². The van der Waals surface area contributed by atoms with Gasteiger partial charge in [-0.2, -0.15) is 11.8 Å². The molecule has 0 aromatic heterocycles. The van der Waals surface area contributed by atoms with Crippen LogP contribution >= 0.6 is 23.2 Å². The van der Waals surface area contributed by atoms with Crippen molar-refractivity contribution in [2.75, 3.05) is 0 Å². The summed E-state index contributed by atoms with van der Waals surface area (Å²) in [7, 11) is 0. The smallest absolute Gasteiger partial charge is 0.343 e. The molecule has 0 spiro atoms. The van der Waals surface area contributed by atoms with E-state index in [4.69, 9.17) is 0 Å². The van der Waals surface area contributed by atoms with Gasteiger partial charge in [-0.15, -0.1) is 0 Å². The van der Waals surface area contributed by atoms with E-state index in [0.29, 0.717) is 0 Å². The van der Waals surface area contributed by atoms with E-state index in [-0.39, 0.29) is 26.2 Å². The SMILES string of the molecule is Cl[CH-]Cl.[CH2-]CCCCCCCCCCCCCCCCCCCCCCCCCCCCC.[Zr+2]. The second kappa shape index (κ2) is 41.6. The molecule has 0 amide bonds. The molecule has 0 unspecified atom stereocenters. The number of hydrogen-bond acceptors (Lipinski definition) is 0. The van der Waals surface area contributed by atoms with Crippen LogP contribution < -0.4 is 0 Å². The van der Waals surface area contributed by atoms with Crippen molar-refractivity contribution in [2.24, 2.45) is 0 Å². The van der Waals surface area contributed by atoms with Crippen LogP contribution in [0.1, 0.15) is 187 Å². The van der Waals surface area contributed by atoms with Gasteiger partial charge >= 0.3 is 26.2 Å². The number of unbranched alkanes of at least 4 members (excludes halogenated alkanes) is 27. The first-order chi connectivity index (χ1) is 16.3. The van der Waals surface area contributed by atoms with Gasteiger partial charge in [0, 0.05) is 0 Å². The largest absolute Gasteiger partial charge is 2.00 e. The fourth-order valence-corrected chi connectivity index (χ4v) is 4.67. The minimum Gasteiger partial charge on any atom is -0.343 e. The van der Waals surface area contributed by atoms with E-state index >= 15 is 0 Å². The number of hydrogen-bond donors (Lipinski definition) is 0. The quantitative estimate of drug-likeness (QED) is 0.0653. The fourth-order valence-electron chi connectivity index (χ4n) is 4.67. The van der Waals surface area contributed by atoms with Gasteiger partial charge < -0.3 is 30.1 Å². The Morgan fingerprint density at radius 1 is 0.382 bits per heavy atom. The molecule has 0 aromatic carbocycles. The van der Waals surface area contributed by atoms with Gasteiger partial charge in [0.05, 0.1) is 0 Å². The van der Waals surface area contributed by atoms with Crippen LogP contribution in [0.2, 0.25) is 0 Å². The van der Waals surface area contributed by atoms with Crippen LogP contribution in [0.5, 0.6) is 0 Å². The van der Waals surface area contributed by atoms with Gasteiger partial charge in [0.15, 0.2) is 0 Å². The van der Waals surface area contributed by atoms with Crippen LogP contribution in [-0.2, 0) is 26.2 Å². The van der Waals surface area contributed by atoms with E-state index in [2.05, 4.69) is 37.0 Å². The van der Waals surface area contributed by atoms with Crippen molar-refractivity contribution in [3.8, 4) is 0 Å². The van der Waals surface area contributed by atoms with Gasteiger partial charge in [-0.05, 0) is 0 Å². The first kappa shape index (κ1) is 40.0. The maximum atomic E-state index is 4.64. The molecule has 0 fully saturated rings. The zero-order valence-corrected chi connectivity index (χ0v) is 27.3. The summed E-state index contributed by atoms with van der Waals surface area (Å²) in [5.74, 6) is 0. The molecule has 0 saturated heterocycles. The molecule has 0 bridgehead atoms. The molecule has 0 rings (SSSR count). The molecule has 0 N–H and O–H groups in total. The molecule has 0 aromatic rings. The Morgan fingerprint density at radius 2 is 0.529 bits per heavy atom. The summed E-state index contributed by atoms with van der Waals surface area (Å²) in [5.41, 5.74) is 0. The topological polar surface area (TPSA) is 0 Å². The van der Waals surface area contributed by atoms with E-state index in [1.54, 1.807) is 0 Å². The Balaban J connectivity index is -0.00000227. The molecule has 34 heavy (non-hydrogen) atoms. The molecule has 3 heteroatoms. The Bertz CT molecular complexity index is 271. The first-order valence-corrected chi connectivity index (χ1v) is 16.0. The van der Waals surface area contributed by atoms with Crippen LogP contribution in [-0.4, -0.2) is 0 Å². The van der Waals surface area contributed by atoms with Crippen molar-refractivity contribution >= 4 is 23.2 Å². The van der Waals surface area contributed by atoms with Crippen LogP contribution in [0, 0.1) is 12.3 Å². The molecule has 0 atom stereocenters. The van der Waals surface area contributed by atoms with E-state index in [1.807, 2.05) is 0 Å². The molecule has 0 aliphatic rings. The third-order valence-electron chi connectivity index (χ3n) is 6.85. The van der Waals surface area contributed by atoms with E-state index in [9.17, 15) is 0 Å². The van der Waals surface area contributed by atoms with Crippen molar-refractivity contribution < 1.29 is 26.2 Å². The standard InChI is InChI=1S/C30H61.CHCl2.Zr/c1-3-5-7-9-11-13-15-17-19-21-23-25-27-29-30-28-26-24-22-20-18-16-14-12-10-8-6-4-2;2-1-3;/h1,3-30H2,2H3;1H;/q2*-1;+2. The minimum absolute atomic E-state index is 0. The van der Waals surface area contributed by atoms with Gasteiger partial charge in [0.1, 0.15) is 0 Å². The van der Waals surface area contributed by atoms with Gasteiger partial charge in [0.2, 0.25) is 0 Å². The van der Waals surface area contributed by atoms with E-state index < -0.39 is 0 Å². The molecular weight excluding hydrogens is 534 g/mol. The van der Waals surface area contributed by atoms with E-state index in [0.717, 1.165) is 11.8 Å². The van der Waals surface area contributed by atoms with E-state index in [1.165, 1.54) is 173 Å². The first-order valence-electron chi connectivity index (χ1n) is 15.1. The number of halogens is 2. The van der Waals surface area contributed by atoms with Gasteiger partial charge in [-0.25, -0.2) is 0 Å². The van der Waals surface area contributed by atoms with Gasteiger partial charge in [0.25, 0.3) is 0 Å². The predicted molar refractivity (Wildman–Crippen MR) is 156 cm³/mol. The summed E-state index contributed by atoms with van der Waals surface area (Å²) >= 11 is 9.28. The van der Waals surface area contributed by atoms with Crippen molar-refractivity contribution in [3.63, 3.8) is 0 Å². The molecule has 204 valence electrons. The predicted octanol–water partition coefficient (Wildman–Crippen LogP) is 13.3. The summed E-state index contributed by atoms with van der Waals surface area (Å²) in [5, 5.41) is 0.944. The average Bonchev–Trinajstić information content (AvgIpc) is 2.82. The third-order valence-corrected chi connectivity index (χ3v) is 6.85. The maximum absolute atomic E-state index is 4.64. The number of rotatable bonds is 27. The summed E-state index contributed by atoms with van der Waals surface area (Å²) in [6.07, 6.45) is 40.8. The third kappa shape index (κ3) is 43.5. The molecule has 0 nitrogen and oxygen atoms in total. The zero-order valence-electron chi connectivity index (χ0n) is 23.3. The second-order valence-corrected chi connectivity index (χ2v) is 10.8. The Labute approximate surface area is 247 Å². The molecule has 0 aliphatic carbocycles. The Morgan fingerprint density at radius 3 is 0.676 bits per heavy atom. The molecule has 0 saturated carbocycles. The van der Waals surface area contributed by atoms with Crippen molar-refractivity contribution in [1.29, 1.82) is 0 Å². The summed E-state index contributed by atoms with van der Waals surface area (Å²) < 4.78 is 0. The molecular formula is C31H62Cl2Zr. The Hall–Kier alpha value is 1.46. The van der Waals surface area contributed by atoms with Crippen molar-refractivity contribution in [3.05, 3.63) is 12.3 Å².